The molecule has 1 fully saturated rings. The molecule has 0 unspecified atom stereocenters. The SMILES string of the molecule is COCCCC(=O)NC1CCNCC1. The standard InChI is InChI=1S/C10H20N2O2/c1-14-8-2-3-10(13)12-9-4-6-11-7-5-9/h9,11H,2-8H2,1H3,(H,12,13). The summed E-state index contributed by atoms with van der Waals surface area (Å²) in [5.74, 6) is 0.161. The number of carbonyl (C=O) groups is 1. The first-order valence-electron chi connectivity index (χ1n) is 5.32. The van der Waals surface area contributed by atoms with Crippen LogP contribution in [-0.2, 0) is 9.53 Å². The van der Waals surface area contributed by atoms with E-state index in [9.17, 15) is 4.79 Å². The van der Waals surface area contributed by atoms with Crippen LogP contribution in [0.5, 0.6) is 0 Å². The van der Waals surface area contributed by atoms with Gasteiger partial charge in [-0.15, -0.1) is 0 Å². The van der Waals surface area contributed by atoms with Crippen molar-refractivity contribution in [3.05, 3.63) is 0 Å². The highest BCUT2D eigenvalue weighted by Crippen LogP contribution is 2.02. The van der Waals surface area contributed by atoms with Gasteiger partial charge in [0.15, 0.2) is 0 Å². The zero-order valence-electron chi connectivity index (χ0n) is 8.84. The van der Waals surface area contributed by atoms with Crippen molar-refractivity contribution in [2.24, 2.45) is 0 Å². The minimum absolute atomic E-state index is 0.161. The first-order chi connectivity index (χ1) is 6.83. The van der Waals surface area contributed by atoms with Gasteiger partial charge in [-0.3, -0.25) is 4.79 Å². The van der Waals surface area contributed by atoms with E-state index in [2.05, 4.69) is 10.6 Å². The van der Waals surface area contributed by atoms with E-state index in [1.165, 1.54) is 0 Å². The van der Waals surface area contributed by atoms with Gasteiger partial charge in [0.1, 0.15) is 0 Å². The number of piperidine rings is 1. The predicted octanol–water partition coefficient (Wildman–Crippen LogP) is 0.281. The molecular formula is C10H20N2O2. The molecule has 1 aliphatic rings. The minimum atomic E-state index is 0.161. The van der Waals surface area contributed by atoms with Crippen LogP contribution >= 0.6 is 0 Å². The summed E-state index contributed by atoms with van der Waals surface area (Å²) in [6.07, 6.45) is 3.50. The molecule has 4 heteroatoms. The van der Waals surface area contributed by atoms with Crippen molar-refractivity contribution in [2.45, 2.75) is 31.7 Å². The van der Waals surface area contributed by atoms with E-state index >= 15 is 0 Å². The molecule has 0 atom stereocenters. The van der Waals surface area contributed by atoms with Crippen LogP contribution in [0.3, 0.4) is 0 Å². The quantitative estimate of drug-likeness (QED) is 0.627. The molecule has 0 aromatic rings. The monoisotopic (exact) mass is 200 g/mol. The molecule has 1 saturated heterocycles. The van der Waals surface area contributed by atoms with Gasteiger partial charge < -0.3 is 15.4 Å². The fourth-order valence-electron chi connectivity index (χ4n) is 1.64. The Bertz CT molecular complexity index is 168. The summed E-state index contributed by atoms with van der Waals surface area (Å²) in [6, 6.07) is 0.381. The Hall–Kier alpha value is -0.610. The van der Waals surface area contributed by atoms with Crippen molar-refractivity contribution in [1.29, 1.82) is 0 Å². The Labute approximate surface area is 85.4 Å². The summed E-state index contributed by atoms with van der Waals surface area (Å²) in [5.41, 5.74) is 0. The van der Waals surface area contributed by atoms with E-state index in [1.807, 2.05) is 0 Å². The average Bonchev–Trinajstić information content (AvgIpc) is 2.20. The van der Waals surface area contributed by atoms with Gasteiger partial charge >= 0.3 is 0 Å². The van der Waals surface area contributed by atoms with Crippen molar-refractivity contribution < 1.29 is 9.53 Å². The molecule has 0 radical (unpaired) electrons. The Balaban J connectivity index is 2.06. The summed E-state index contributed by atoms with van der Waals surface area (Å²) in [4.78, 5) is 11.4. The summed E-state index contributed by atoms with van der Waals surface area (Å²) < 4.78 is 4.89. The summed E-state index contributed by atoms with van der Waals surface area (Å²) >= 11 is 0. The van der Waals surface area contributed by atoms with E-state index in [-0.39, 0.29) is 5.91 Å². The van der Waals surface area contributed by atoms with Crippen molar-refractivity contribution >= 4 is 5.91 Å². The number of hydrogen-bond donors (Lipinski definition) is 2. The molecule has 0 aliphatic carbocycles. The van der Waals surface area contributed by atoms with Crippen molar-refractivity contribution in [3.8, 4) is 0 Å². The summed E-state index contributed by atoms with van der Waals surface area (Å²) in [6.45, 7) is 2.70. The summed E-state index contributed by atoms with van der Waals surface area (Å²) in [7, 11) is 1.66. The Morgan fingerprint density at radius 3 is 2.86 bits per heavy atom. The number of rotatable bonds is 5. The Morgan fingerprint density at radius 1 is 1.50 bits per heavy atom. The molecule has 0 aromatic carbocycles. The van der Waals surface area contributed by atoms with Gasteiger partial charge in [0, 0.05) is 26.2 Å². The lowest BCUT2D eigenvalue weighted by atomic mass is 10.1. The van der Waals surface area contributed by atoms with Crippen molar-refractivity contribution in [2.75, 3.05) is 26.8 Å². The lowest BCUT2D eigenvalue weighted by Gasteiger charge is -2.23. The van der Waals surface area contributed by atoms with Crippen LogP contribution in [0.4, 0.5) is 0 Å². The number of methoxy groups -OCH3 is 1. The highest BCUT2D eigenvalue weighted by molar-refractivity contribution is 5.76. The second-order valence-corrected chi connectivity index (χ2v) is 3.69. The van der Waals surface area contributed by atoms with Gasteiger partial charge in [0.25, 0.3) is 0 Å². The third-order valence-corrected chi connectivity index (χ3v) is 2.46. The number of amides is 1. The number of carbonyl (C=O) groups excluding carboxylic acids is 1. The third kappa shape index (κ3) is 4.58. The summed E-state index contributed by atoms with van der Waals surface area (Å²) in [5, 5.41) is 6.31. The average molecular weight is 200 g/mol. The molecule has 1 amide bonds. The molecule has 0 bridgehead atoms. The Morgan fingerprint density at radius 2 is 2.21 bits per heavy atom. The van der Waals surface area contributed by atoms with Crippen LogP contribution in [0.1, 0.15) is 25.7 Å². The van der Waals surface area contributed by atoms with E-state index in [0.717, 1.165) is 32.4 Å². The molecule has 82 valence electrons. The maximum Gasteiger partial charge on any atom is 0.220 e. The molecule has 4 nitrogen and oxygen atoms in total. The highest BCUT2D eigenvalue weighted by Gasteiger charge is 2.14. The first-order valence-corrected chi connectivity index (χ1v) is 5.32. The van der Waals surface area contributed by atoms with Crippen LogP contribution in [0.15, 0.2) is 0 Å². The molecule has 14 heavy (non-hydrogen) atoms. The van der Waals surface area contributed by atoms with Crippen LogP contribution < -0.4 is 10.6 Å². The molecule has 1 rings (SSSR count). The van der Waals surface area contributed by atoms with Crippen LogP contribution in [-0.4, -0.2) is 38.8 Å². The molecular weight excluding hydrogens is 180 g/mol. The second kappa shape index (κ2) is 6.79. The fourth-order valence-corrected chi connectivity index (χ4v) is 1.64. The molecule has 1 heterocycles. The molecule has 0 saturated carbocycles. The van der Waals surface area contributed by atoms with Crippen molar-refractivity contribution in [1.82, 2.24) is 10.6 Å². The topological polar surface area (TPSA) is 50.4 Å². The zero-order chi connectivity index (χ0) is 10.2. The number of hydrogen-bond acceptors (Lipinski definition) is 3. The van der Waals surface area contributed by atoms with E-state index < -0.39 is 0 Å². The smallest absolute Gasteiger partial charge is 0.220 e. The molecule has 0 aromatic heterocycles. The first kappa shape index (κ1) is 11.5. The Kier molecular flexibility index (Phi) is 5.56. The van der Waals surface area contributed by atoms with Gasteiger partial charge in [-0.05, 0) is 32.4 Å². The van der Waals surface area contributed by atoms with Gasteiger partial charge in [0.05, 0.1) is 0 Å². The van der Waals surface area contributed by atoms with E-state index in [0.29, 0.717) is 19.1 Å². The molecule has 0 spiro atoms. The van der Waals surface area contributed by atoms with Gasteiger partial charge in [-0.25, -0.2) is 0 Å². The highest BCUT2D eigenvalue weighted by atomic mass is 16.5. The van der Waals surface area contributed by atoms with Crippen LogP contribution in [0.2, 0.25) is 0 Å². The maximum atomic E-state index is 11.4. The minimum Gasteiger partial charge on any atom is -0.385 e. The molecule has 1 aliphatic heterocycles. The number of ether oxygens (including phenoxy) is 1. The normalized spacial score (nSPS) is 18.1. The predicted molar refractivity (Wildman–Crippen MR) is 55.1 cm³/mol. The maximum absolute atomic E-state index is 11.4. The zero-order valence-corrected chi connectivity index (χ0v) is 8.84. The van der Waals surface area contributed by atoms with Gasteiger partial charge in [-0.1, -0.05) is 0 Å². The van der Waals surface area contributed by atoms with Crippen LogP contribution in [0.25, 0.3) is 0 Å². The lowest BCUT2D eigenvalue weighted by Crippen LogP contribution is -2.42. The van der Waals surface area contributed by atoms with E-state index in [4.69, 9.17) is 4.74 Å². The largest absolute Gasteiger partial charge is 0.385 e. The van der Waals surface area contributed by atoms with Crippen LogP contribution in [0, 0.1) is 0 Å². The van der Waals surface area contributed by atoms with Crippen molar-refractivity contribution in [3.63, 3.8) is 0 Å². The second-order valence-electron chi connectivity index (χ2n) is 3.69. The fraction of sp³-hybridized carbons (Fsp3) is 0.900. The van der Waals surface area contributed by atoms with Gasteiger partial charge in [-0.2, -0.15) is 0 Å². The lowest BCUT2D eigenvalue weighted by molar-refractivity contribution is -0.122. The molecule has 2 N–H and O–H groups in total. The van der Waals surface area contributed by atoms with E-state index in [1.54, 1.807) is 7.11 Å². The number of nitrogens with one attached hydrogen (secondary N) is 2. The third-order valence-electron chi connectivity index (χ3n) is 2.46. The van der Waals surface area contributed by atoms with Gasteiger partial charge in [0.2, 0.25) is 5.91 Å².